The summed E-state index contributed by atoms with van der Waals surface area (Å²) in [6, 6.07) is 3.54. The number of hydrogen-bond acceptors (Lipinski definition) is 4. The zero-order valence-electron chi connectivity index (χ0n) is 14.3. The van der Waals surface area contributed by atoms with Gasteiger partial charge in [-0.3, -0.25) is 4.98 Å². The number of amides is 2. The lowest BCUT2D eigenvalue weighted by Crippen LogP contribution is -2.42. The first-order valence-corrected chi connectivity index (χ1v) is 8.93. The maximum atomic E-state index is 12.1. The molecule has 2 aliphatic rings. The van der Waals surface area contributed by atoms with E-state index in [2.05, 4.69) is 15.6 Å². The molecular weight excluding hydrogens is 306 g/mol. The van der Waals surface area contributed by atoms with Gasteiger partial charge in [-0.25, -0.2) is 4.79 Å². The van der Waals surface area contributed by atoms with E-state index in [1.807, 2.05) is 19.1 Å². The molecule has 24 heavy (non-hydrogen) atoms. The molecule has 132 valence electrons. The SMILES string of the molecule is C[C@@H](NC(=O)NC[C@H]1COC2(CCCCCC2)O1)c1ccncc1. The highest BCUT2D eigenvalue weighted by molar-refractivity contribution is 5.74. The van der Waals surface area contributed by atoms with E-state index >= 15 is 0 Å². The van der Waals surface area contributed by atoms with Gasteiger partial charge in [-0.1, -0.05) is 12.8 Å². The molecule has 2 fully saturated rings. The second kappa shape index (κ2) is 7.94. The molecule has 6 nitrogen and oxygen atoms in total. The molecule has 0 unspecified atom stereocenters. The Labute approximate surface area is 143 Å². The quantitative estimate of drug-likeness (QED) is 0.889. The molecule has 1 aromatic rings. The van der Waals surface area contributed by atoms with E-state index in [-0.39, 0.29) is 18.2 Å². The summed E-state index contributed by atoms with van der Waals surface area (Å²) in [5, 5.41) is 5.82. The third-order valence-electron chi connectivity index (χ3n) is 4.82. The number of pyridine rings is 1. The van der Waals surface area contributed by atoms with Crippen molar-refractivity contribution in [3.05, 3.63) is 30.1 Å². The summed E-state index contributed by atoms with van der Waals surface area (Å²) in [7, 11) is 0. The lowest BCUT2D eigenvalue weighted by atomic mass is 10.1. The van der Waals surface area contributed by atoms with E-state index in [4.69, 9.17) is 9.47 Å². The molecule has 1 aromatic heterocycles. The van der Waals surface area contributed by atoms with Crippen LogP contribution in [0, 0.1) is 0 Å². The van der Waals surface area contributed by atoms with Crippen LogP contribution in [-0.2, 0) is 9.47 Å². The van der Waals surface area contributed by atoms with Crippen LogP contribution in [0.5, 0.6) is 0 Å². The Morgan fingerprint density at radius 2 is 2.00 bits per heavy atom. The van der Waals surface area contributed by atoms with Gasteiger partial charge in [0.1, 0.15) is 6.10 Å². The Morgan fingerprint density at radius 3 is 2.71 bits per heavy atom. The fourth-order valence-electron chi connectivity index (χ4n) is 3.44. The molecule has 1 spiro atoms. The average molecular weight is 333 g/mol. The molecule has 2 N–H and O–H groups in total. The van der Waals surface area contributed by atoms with E-state index in [0.29, 0.717) is 13.2 Å². The zero-order chi connectivity index (χ0) is 16.8. The van der Waals surface area contributed by atoms with Crippen LogP contribution in [0.1, 0.15) is 57.1 Å². The first-order valence-electron chi connectivity index (χ1n) is 8.93. The highest BCUT2D eigenvalue weighted by Gasteiger charge is 2.41. The molecule has 2 amide bonds. The number of rotatable bonds is 4. The van der Waals surface area contributed by atoms with Crippen LogP contribution in [0.15, 0.2) is 24.5 Å². The Balaban J connectivity index is 1.42. The molecule has 6 heteroatoms. The van der Waals surface area contributed by atoms with Crippen LogP contribution in [0.3, 0.4) is 0 Å². The number of carbonyl (C=O) groups is 1. The molecule has 0 aromatic carbocycles. The van der Waals surface area contributed by atoms with Crippen molar-refractivity contribution in [1.29, 1.82) is 0 Å². The maximum Gasteiger partial charge on any atom is 0.315 e. The van der Waals surface area contributed by atoms with Crippen molar-refractivity contribution in [3.63, 3.8) is 0 Å². The predicted octanol–water partition coefficient (Wildman–Crippen LogP) is 2.91. The van der Waals surface area contributed by atoms with E-state index in [1.54, 1.807) is 12.4 Å². The second-order valence-electron chi connectivity index (χ2n) is 6.73. The topological polar surface area (TPSA) is 72.5 Å². The lowest BCUT2D eigenvalue weighted by Gasteiger charge is -2.26. The molecule has 2 atom stereocenters. The van der Waals surface area contributed by atoms with Crippen LogP contribution >= 0.6 is 0 Å². The largest absolute Gasteiger partial charge is 0.347 e. The summed E-state index contributed by atoms with van der Waals surface area (Å²) in [4.78, 5) is 16.1. The smallest absolute Gasteiger partial charge is 0.315 e. The number of nitrogens with zero attached hydrogens (tertiary/aromatic N) is 1. The third-order valence-corrected chi connectivity index (χ3v) is 4.82. The van der Waals surface area contributed by atoms with Crippen molar-refractivity contribution in [2.45, 2.75) is 63.4 Å². The van der Waals surface area contributed by atoms with Crippen LogP contribution in [0.2, 0.25) is 0 Å². The summed E-state index contributed by atoms with van der Waals surface area (Å²) in [5.41, 5.74) is 1.03. The number of urea groups is 1. The Kier molecular flexibility index (Phi) is 5.68. The standard InChI is InChI=1S/C18H27N3O3/c1-14(15-6-10-19-11-7-15)21-17(22)20-12-16-13-23-18(24-16)8-4-2-3-5-9-18/h6-7,10-11,14,16H,2-5,8-9,12-13H2,1H3,(H2,20,21,22)/t14-,16+/m1/s1. The first kappa shape index (κ1) is 17.2. The van der Waals surface area contributed by atoms with Gasteiger partial charge in [-0.2, -0.15) is 0 Å². The van der Waals surface area contributed by atoms with E-state index in [1.165, 1.54) is 12.8 Å². The van der Waals surface area contributed by atoms with E-state index < -0.39 is 5.79 Å². The fraction of sp³-hybridized carbons (Fsp3) is 0.667. The van der Waals surface area contributed by atoms with Crippen molar-refractivity contribution in [2.24, 2.45) is 0 Å². The van der Waals surface area contributed by atoms with Crippen molar-refractivity contribution >= 4 is 6.03 Å². The van der Waals surface area contributed by atoms with Crippen molar-refractivity contribution < 1.29 is 14.3 Å². The number of ether oxygens (including phenoxy) is 2. The zero-order valence-corrected chi connectivity index (χ0v) is 14.3. The lowest BCUT2D eigenvalue weighted by molar-refractivity contribution is -0.175. The molecule has 1 saturated carbocycles. The minimum atomic E-state index is -0.399. The molecular formula is C18H27N3O3. The minimum Gasteiger partial charge on any atom is -0.347 e. The Bertz CT molecular complexity index is 530. The summed E-state index contributed by atoms with van der Waals surface area (Å²) in [6.07, 6.45) is 10.1. The number of hydrogen-bond donors (Lipinski definition) is 2. The summed E-state index contributed by atoms with van der Waals surface area (Å²) >= 11 is 0. The molecule has 0 bridgehead atoms. The van der Waals surface area contributed by atoms with Crippen LogP contribution in [0.25, 0.3) is 0 Å². The van der Waals surface area contributed by atoms with E-state index in [0.717, 1.165) is 31.2 Å². The Morgan fingerprint density at radius 1 is 1.29 bits per heavy atom. The van der Waals surface area contributed by atoms with Gasteiger partial charge >= 0.3 is 6.03 Å². The van der Waals surface area contributed by atoms with Gasteiger partial charge in [-0.15, -0.1) is 0 Å². The van der Waals surface area contributed by atoms with Crippen molar-refractivity contribution in [3.8, 4) is 0 Å². The van der Waals surface area contributed by atoms with Gasteiger partial charge in [-0.05, 0) is 37.5 Å². The highest BCUT2D eigenvalue weighted by Crippen LogP contribution is 2.36. The molecule has 3 rings (SSSR count). The van der Waals surface area contributed by atoms with Gasteiger partial charge in [0.25, 0.3) is 0 Å². The van der Waals surface area contributed by atoms with Crippen LogP contribution < -0.4 is 10.6 Å². The normalized spacial score (nSPS) is 24.3. The monoisotopic (exact) mass is 333 g/mol. The molecule has 1 aliphatic heterocycles. The van der Waals surface area contributed by atoms with Crippen LogP contribution in [-0.4, -0.2) is 36.1 Å². The number of aromatic nitrogens is 1. The molecule has 1 aliphatic carbocycles. The molecule has 1 saturated heterocycles. The van der Waals surface area contributed by atoms with Crippen LogP contribution in [0.4, 0.5) is 4.79 Å². The second-order valence-corrected chi connectivity index (χ2v) is 6.73. The number of nitrogens with one attached hydrogen (secondary N) is 2. The number of carbonyl (C=O) groups excluding carboxylic acids is 1. The Hall–Kier alpha value is -1.66. The van der Waals surface area contributed by atoms with Gasteiger partial charge in [0.2, 0.25) is 0 Å². The summed E-state index contributed by atoms with van der Waals surface area (Å²) in [5.74, 6) is -0.399. The van der Waals surface area contributed by atoms with Gasteiger partial charge in [0, 0.05) is 31.8 Å². The summed E-state index contributed by atoms with van der Waals surface area (Å²) in [6.45, 7) is 2.97. The van der Waals surface area contributed by atoms with Gasteiger partial charge in [0.15, 0.2) is 5.79 Å². The maximum absolute atomic E-state index is 12.1. The molecule has 2 heterocycles. The average Bonchev–Trinajstić information content (AvgIpc) is 2.85. The predicted molar refractivity (Wildman–Crippen MR) is 90.4 cm³/mol. The van der Waals surface area contributed by atoms with Gasteiger partial charge < -0.3 is 20.1 Å². The minimum absolute atomic E-state index is 0.0647. The highest BCUT2D eigenvalue weighted by atomic mass is 16.7. The first-order chi connectivity index (χ1) is 11.7. The molecule has 0 radical (unpaired) electrons. The fourth-order valence-corrected chi connectivity index (χ4v) is 3.44. The third kappa shape index (κ3) is 4.45. The van der Waals surface area contributed by atoms with Gasteiger partial charge in [0.05, 0.1) is 12.6 Å². The summed E-state index contributed by atoms with van der Waals surface area (Å²) < 4.78 is 12.1. The van der Waals surface area contributed by atoms with Crippen molar-refractivity contribution in [1.82, 2.24) is 15.6 Å². The van der Waals surface area contributed by atoms with E-state index in [9.17, 15) is 4.79 Å². The van der Waals surface area contributed by atoms with Crippen molar-refractivity contribution in [2.75, 3.05) is 13.2 Å².